The Hall–Kier alpha value is -1.83. The van der Waals surface area contributed by atoms with E-state index in [9.17, 15) is 18.0 Å². The number of anilines is 1. The number of hydrogen-bond acceptors (Lipinski definition) is 4. The fourth-order valence-corrected chi connectivity index (χ4v) is 3.70. The number of thiazole rings is 1. The lowest BCUT2D eigenvalue weighted by Crippen LogP contribution is -2.38. The number of primary amides is 1. The van der Waals surface area contributed by atoms with E-state index in [1.165, 1.54) is 17.4 Å². The van der Waals surface area contributed by atoms with Crippen LogP contribution in [0.1, 0.15) is 18.4 Å². The largest absolute Gasteiger partial charge is 0.418 e. The lowest BCUT2D eigenvalue weighted by Gasteiger charge is -2.30. The number of rotatable bonds is 2. The van der Waals surface area contributed by atoms with Gasteiger partial charge in [-0.25, -0.2) is 4.98 Å². The molecule has 8 heteroatoms. The molecule has 1 aromatic heterocycles. The van der Waals surface area contributed by atoms with Crippen molar-refractivity contribution in [3.05, 3.63) is 23.8 Å². The summed E-state index contributed by atoms with van der Waals surface area (Å²) in [7, 11) is 0. The molecule has 0 radical (unpaired) electrons. The van der Waals surface area contributed by atoms with Crippen molar-refractivity contribution in [3.63, 3.8) is 0 Å². The van der Waals surface area contributed by atoms with Crippen LogP contribution in [0.3, 0.4) is 0 Å². The quantitative estimate of drug-likeness (QED) is 0.921. The first-order valence-electron chi connectivity index (χ1n) is 6.87. The summed E-state index contributed by atoms with van der Waals surface area (Å²) in [6.45, 7) is 1.16. The van der Waals surface area contributed by atoms with E-state index >= 15 is 0 Å². The summed E-state index contributed by atoms with van der Waals surface area (Å²) in [5.41, 5.74) is 4.57. The second-order valence-corrected chi connectivity index (χ2v) is 6.32. The first-order valence-corrected chi connectivity index (χ1v) is 7.69. The fourth-order valence-electron chi connectivity index (χ4n) is 2.66. The highest BCUT2D eigenvalue weighted by molar-refractivity contribution is 7.22. The van der Waals surface area contributed by atoms with Gasteiger partial charge in [-0.15, -0.1) is 0 Å². The zero-order valence-corrected chi connectivity index (χ0v) is 12.4. The van der Waals surface area contributed by atoms with Crippen molar-refractivity contribution < 1.29 is 18.0 Å². The molecular formula is C14H14F3N3OS. The van der Waals surface area contributed by atoms with Crippen molar-refractivity contribution in [1.82, 2.24) is 4.98 Å². The number of piperidine rings is 1. The third-order valence-corrected chi connectivity index (χ3v) is 4.96. The van der Waals surface area contributed by atoms with Gasteiger partial charge in [0.05, 0.1) is 15.8 Å². The molecule has 118 valence electrons. The summed E-state index contributed by atoms with van der Waals surface area (Å²) in [6, 6.07) is 4.08. The van der Waals surface area contributed by atoms with E-state index in [2.05, 4.69) is 4.98 Å². The van der Waals surface area contributed by atoms with E-state index < -0.39 is 11.7 Å². The van der Waals surface area contributed by atoms with E-state index in [1.807, 2.05) is 4.90 Å². The Labute approximate surface area is 128 Å². The highest BCUT2D eigenvalue weighted by Gasteiger charge is 2.34. The molecule has 0 bridgehead atoms. The topological polar surface area (TPSA) is 59.2 Å². The van der Waals surface area contributed by atoms with E-state index in [0.29, 0.717) is 35.8 Å². The number of amides is 1. The van der Waals surface area contributed by atoms with Crippen LogP contribution in [0.15, 0.2) is 18.2 Å². The van der Waals surface area contributed by atoms with E-state index in [-0.39, 0.29) is 17.3 Å². The van der Waals surface area contributed by atoms with Gasteiger partial charge in [0.25, 0.3) is 0 Å². The number of benzene rings is 1. The standard InChI is InChI=1S/C14H14F3N3OS/c15-14(16,17)9-2-1-3-10-11(9)19-13(22-10)20-6-4-8(5-7-20)12(18)21/h1-3,8H,4-7H2,(H2,18,21). The highest BCUT2D eigenvalue weighted by atomic mass is 32.1. The zero-order chi connectivity index (χ0) is 15.9. The number of halogens is 3. The normalized spacial score (nSPS) is 17.1. The molecular weight excluding hydrogens is 315 g/mol. The number of hydrogen-bond donors (Lipinski definition) is 1. The molecule has 1 aromatic carbocycles. The van der Waals surface area contributed by atoms with Crippen molar-refractivity contribution in [2.24, 2.45) is 11.7 Å². The molecule has 4 nitrogen and oxygen atoms in total. The molecule has 0 atom stereocenters. The van der Waals surface area contributed by atoms with E-state index in [0.717, 1.165) is 6.07 Å². The van der Waals surface area contributed by atoms with Crippen molar-refractivity contribution in [2.75, 3.05) is 18.0 Å². The van der Waals surface area contributed by atoms with Gasteiger partial charge in [-0.2, -0.15) is 13.2 Å². The van der Waals surface area contributed by atoms with E-state index in [4.69, 9.17) is 5.73 Å². The molecule has 2 aromatic rings. The van der Waals surface area contributed by atoms with Gasteiger partial charge in [-0.3, -0.25) is 4.79 Å². The minimum absolute atomic E-state index is 0.00738. The van der Waals surface area contributed by atoms with Gasteiger partial charge in [-0.05, 0) is 25.0 Å². The summed E-state index contributed by atoms with van der Waals surface area (Å²) in [5.74, 6) is -0.473. The van der Waals surface area contributed by atoms with E-state index in [1.54, 1.807) is 6.07 Å². The van der Waals surface area contributed by atoms with Crippen LogP contribution < -0.4 is 10.6 Å². The first kappa shape index (κ1) is 15.1. The maximum atomic E-state index is 13.0. The summed E-state index contributed by atoms with van der Waals surface area (Å²) >= 11 is 1.24. The molecule has 1 fully saturated rings. The highest BCUT2D eigenvalue weighted by Crippen LogP contribution is 2.39. The molecule has 0 saturated carbocycles. The van der Waals surface area contributed by atoms with Crippen molar-refractivity contribution in [1.29, 1.82) is 0 Å². The molecule has 1 aliphatic heterocycles. The number of para-hydroxylation sites is 1. The van der Waals surface area contributed by atoms with Gasteiger partial charge in [0, 0.05) is 19.0 Å². The van der Waals surface area contributed by atoms with Crippen molar-refractivity contribution >= 4 is 32.6 Å². The first-order chi connectivity index (χ1) is 10.4. The SMILES string of the molecule is NC(=O)C1CCN(c2nc3c(C(F)(F)F)cccc3s2)CC1. The van der Waals surface area contributed by atoms with Crippen LogP contribution in [0.5, 0.6) is 0 Å². The van der Waals surface area contributed by atoms with Crippen molar-refractivity contribution in [3.8, 4) is 0 Å². The Bertz CT molecular complexity index is 705. The average molecular weight is 329 g/mol. The number of alkyl halides is 3. The number of carbonyl (C=O) groups is 1. The summed E-state index contributed by atoms with van der Waals surface area (Å²) in [4.78, 5) is 17.3. The number of aromatic nitrogens is 1. The second-order valence-electron chi connectivity index (χ2n) is 5.31. The number of carbonyl (C=O) groups excluding carboxylic acids is 1. The Kier molecular flexibility index (Phi) is 3.72. The number of nitrogens with zero attached hydrogens (tertiary/aromatic N) is 2. The molecule has 3 rings (SSSR count). The third-order valence-electron chi connectivity index (χ3n) is 3.88. The van der Waals surface area contributed by atoms with Crippen LogP contribution in [-0.2, 0) is 11.0 Å². The summed E-state index contributed by atoms with van der Waals surface area (Å²) in [5, 5.41) is 0.564. The average Bonchev–Trinajstić information content (AvgIpc) is 2.90. The van der Waals surface area contributed by atoms with Gasteiger partial charge in [0.1, 0.15) is 0 Å². The monoisotopic (exact) mass is 329 g/mol. The zero-order valence-electron chi connectivity index (χ0n) is 11.6. The molecule has 0 spiro atoms. The van der Waals surface area contributed by atoms with Gasteiger partial charge >= 0.3 is 6.18 Å². The Morgan fingerprint density at radius 2 is 2.00 bits per heavy atom. The number of nitrogens with two attached hydrogens (primary N) is 1. The fraction of sp³-hybridized carbons (Fsp3) is 0.429. The lowest BCUT2D eigenvalue weighted by molar-refractivity contribution is -0.136. The molecule has 1 aliphatic rings. The molecule has 0 unspecified atom stereocenters. The number of fused-ring (bicyclic) bond motifs is 1. The second kappa shape index (κ2) is 5.42. The Balaban J connectivity index is 1.89. The van der Waals surface area contributed by atoms with Crippen LogP contribution in [0.2, 0.25) is 0 Å². The van der Waals surface area contributed by atoms with Crippen LogP contribution in [0.4, 0.5) is 18.3 Å². The smallest absolute Gasteiger partial charge is 0.369 e. The van der Waals surface area contributed by atoms with Crippen LogP contribution in [0, 0.1) is 5.92 Å². The summed E-state index contributed by atoms with van der Waals surface area (Å²) < 4.78 is 39.5. The molecule has 1 saturated heterocycles. The Morgan fingerprint density at radius 3 is 2.59 bits per heavy atom. The van der Waals surface area contributed by atoms with Crippen LogP contribution in [-0.4, -0.2) is 24.0 Å². The van der Waals surface area contributed by atoms with Crippen LogP contribution >= 0.6 is 11.3 Å². The lowest BCUT2D eigenvalue weighted by atomic mass is 9.97. The minimum Gasteiger partial charge on any atom is -0.369 e. The van der Waals surface area contributed by atoms with Gasteiger partial charge in [0.15, 0.2) is 5.13 Å². The summed E-state index contributed by atoms with van der Waals surface area (Å²) in [6.07, 6.45) is -3.20. The van der Waals surface area contributed by atoms with Crippen LogP contribution in [0.25, 0.3) is 10.2 Å². The molecule has 0 aliphatic carbocycles. The molecule has 1 amide bonds. The molecule has 2 N–H and O–H groups in total. The maximum absolute atomic E-state index is 13.0. The third kappa shape index (κ3) is 2.75. The predicted octanol–water partition coefficient (Wildman–Crippen LogP) is 3.02. The van der Waals surface area contributed by atoms with Gasteiger partial charge in [-0.1, -0.05) is 17.4 Å². The van der Waals surface area contributed by atoms with Crippen molar-refractivity contribution in [2.45, 2.75) is 19.0 Å². The van der Waals surface area contributed by atoms with Gasteiger partial charge < -0.3 is 10.6 Å². The Morgan fingerprint density at radius 1 is 1.32 bits per heavy atom. The molecule has 22 heavy (non-hydrogen) atoms. The maximum Gasteiger partial charge on any atom is 0.418 e. The van der Waals surface area contributed by atoms with Gasteiger partial charge in [0.2, 0.25) is 5.91 Å². The molecule has 2 heterocycles. The predicted molar refractivity (Wildman–Crippen MR) is 78.8 cm³/mol. The minimum atomic E-state index is -4.41.